The van der Waals surface area contributed by atoms with Crippen LogP contribution in [0.3, 0.4) is 0 Å². The molecule has 0 aliphatic carbocycles. The van der Waals surface area contributed by atoms with E-state index in [0.29, 0.717) is 0 Å². The van der Waals surface area contributed by atoms with Gasteiger partial charge in [0.25, 0.3) is 0 Å². The van der Waals surface area contributed by atoms with E-state index in [-0.39, 0.29) is 5.60 Å². The number of rotatable bonds is 16. The van der Waals surface area contributed by atoms with Crippen LogP contribution in [0.4, 0.5) is 0 Å². The lowest BCUT2D eigenvalue weighted by molar-refractivity contribution is 0.0228. The van der Waals surface area contributed by atoms with Crippen molar-refractivity contribution in [1.29, 1.82) is 0 Å². The summed E-state index contributed by atoms with van der Waals surface area (Å²) in [6.45, 7) is 6.60. The summed E-state index contributed by atoms with van der Waals surface area (Å²) in [5, 5.41) is 0. The molecule has 0 aromatic heterocycles. The quantitative estimate of drug-likeness (QED) is 0.251. The fraction of sp³-hybridized carbons (Fsp3) is 1.00. The topological polar surface area (TPSA) is 49.7 Å². The molecule has 0 heterocycles. The molecule has 0 aliphatic heterocycles. The highest BCUT2D eigenvalue weighted by Gasteiger charge is 2.32. The molecule has 0 fully saturated rings. The fourth-order valence-corrected chi connectivity index (χ4v) is 3.71. The highest BCUT2D eigenvalue weighted by molar-refractivity contribution is 7.39. The molecule has 0 amide bonds. The summed E-state index contributed by atoms with van der Waals surface area (Å²) in [6, 6.07) is 0. The van der Waals surface area contributed by atoms with Crippen LogP contribution in [0.25, 0.3) is 0 Å². The van der Waals surface area contributed by atoms with Crippen LogP contribution in [0.5, 0.6) is 0 Å². The molecule has 3 nitrogen and oxygen atoms in total. The van der Waals surface area contributed by atoms with E-state index in [9.17, 15) is 9.79 Å². The maximum Gasteiger partial charge on any atom is 0.327 e. The average Bonchev–Trinajstić information content (AvgIpc) is 2.49. The summed E-state index contributed by atoms with van der Waals surface area (Å²) >= 11 is 0. The molecule has 0 atom stereocenters. The Morgan fingerprint density at radius 1 is 0.636 bits per heavy atom. The van der Waals surface area contributed by atoms with Crippen molar-refractivity contribution < 1.29 is 14.3 Å². The van der Waals surface area contributed by atoms with Crippen LogP contribution in [-0.2, 0) is 4.52 Å². The van der Waals surface area contributed by atoms with Crippen LogP contribution in [0.15, 0.2) is 0 Å². The van der Waals surface area contributed by atoms with E-state index in [1.165, 1.54) is 38.5 Å². The van der Waals surface area contributed by atoms with Gasteiger partial charge in [0, 0.05) is 0 Å². The molecule has 0 aliphatic rings. The number of hydrogen-bond donors (Lipinski definition) is 2. The number of unbranched alkanes of at least 4 members (excludes halogenated alkanes) is 8. The lowest BCUT2D eigenvalue weighted by Crippen LogP contribution is -2.31. The highest BCUT2D eigenvalue weighted by Crippen LogP contribution is 2.41. The maximum atomic E-state index is 9.38. The largest absolute Gasteiger partial charge is 0.328 e. The molecule has 134 valence electrons. The first kappa shape index (κ1) is 22.3. The maximum absolute atomic E-state index is 9.38. The zero-order chi connectivity index (χ0) is 16.7. The third-order valence-electron chi connectivity index (χ3n) is 4.48. The van der Waals surface area contributed by atoms with E-state index >= 15 is 0 Å². The Bertz CT molecular complexity index is 226. The van der Waals surface area contributed by atoms with Gasteiger partial charge in [-0.3, -0.25) is 0 Å². The van der Waals surface area contributed by atoms with Gasteiger partial charge in [-0.1, -0.05) is 91.4 Å². The molecular weight excluding hydrogens is 295 g/mol. The zero-order valence-electron chi connectivity index (χ0n) is 15.1. The lowest BCUT2D eigenvalue weighted by atomic mass is 9.86. The predicted molar refractivity (Wildman–Crippen MR) is 96.8 cm³/mol. The zero-order valence-corrected chi connectivity index (χ0v) is 16.0. The second kappa shape index (κ2) is 14.9. The summed E-state index contributed by atoms with van der Waals surface area (Å²) < 4.78 is 5.66. The van der Waals surface area contributed by atoms with Crippen molar-refractivity contribution in [2.75, 3.05) is 0 Å². The molecule has 0 aromatic rings. The lowest BCUT2D eigenvalue weighted by Gasteiger charge is -2.34. The van der Waals surface area contributed by atoms with Crippen LogP contribution in [0, 0.1) is 0 Å². The monoisotopic (exact) mass is 334 g/mol. The average molecular weight is 334 g/mol. The van der Waals surface area contributed by atoms with Crippen LogP contribution >= 0.6 is 8.60 Å². The third-order valence-corrected chi connectivity index (χ3v) is 5.03. The van der Waals surface area contributed by atoms with Gasteiger partial charge in [0.05, 0.1) is 5.60 Å². The van der Waals surface area contributed by atoms with Crippen molar-refractivity contribution in [2.45, 2.75) is 116 Å². The second-order valence-electron chi connectivity index (χ2n) is 6.61. The van der Waals surface area contributed by atoms with Gasteiger partial charge >= 0.3 is 8.60 Å². The standard InChI is InChI=1S/C18H39O3P/c1-4-7-10-11-12-13-14-17-18(15-8-5-2,16-9-6-3)21-22(19)20/h19-20H,4-17H2,1-3H3. The smallest absolute Gasteiger partial charge is 0.327 e. The Balaban J connectivity index is 4.28. The SMILES string of the molecule is CCCCCCCCCC(CCCC)(CCCC)OP(O)O. The van der Waals surface area contributed by atoms with Gasteiger partial charge in [-0.25, -0.2) is 0 Å². The minimum Gasteiger partial charge on any atom is -0.328 e. The summed E-state index contributed by atoms with van der Waals surface area (Å²) in [7, 11) is -2.25. The Morgan fingerprint density at radius 3 is 1.50 bits per heavy atom. The first-order valence-electron chi connectivity index (χ1n) is 9.47. The molecule has 0 unspecified atom stereocenters. The van der Waals surface area contributed by atoms with Crippen molar-refractivity contribution in [1.82, 2.24) is 0 Å². The molecule has 0 rings (SSSR count). The Kier molecular flexibility index (Phi) is 15.1. The molecule has 22 heavy (non-hydrogen) atoms. The Hall–Kier alpha value is 0.310. The summed E-state index contributed by atoms with van der Waals surface area (Å²) in [6.07, 6.45) is 16.3. The van der Waals surface area contributed by atoms with E-state index in [0.717, 1.165) is 51.4 Å². The minimum atomic E-state index is -2.25. The van der Waals surface area contributed by atoms with Crippen molar-refractivity contribution in [3.63, 3.8) is 0 Å². The van der Waals surface area contributed by atoms with E-state index in [1.54, 1.807) is 0 Å². The molecular formula is C18H39O3P. The Labute approximate surface area is 139 Å². The van der Waals surface area contributed by atoms with Crippen LogP contribution in [0.1, 0.15) is 111 Å². The van der Waals surface area contributed by atoms with Crippen molar-refractivity contribution in [2.24, 2.45) is 0 Å². The first-order valence-corrected chi connectivity index (χ1v) is 10.6. The molecule has 4 heteroatoms. The van der Waals surface area contributed by atoms with E-state index < -0.39 is 8.60 Å². The molecule has 0 bridgehead atoms. The fourth-order valence-electron chi connectivity index (χ4n) is 3.09. The predicted octanol–water partition coefficient (Wildman–Crippen LogP) is 6.47. The van der Waals surface area contributed by atoms with Gasteiger partial charge in [0.15, 0.2) is 0 Å². The number of hydrogen-bond acceptors (Lipinski definition) is 3. The molecule has 2 N–H and O–H groups in total. The van der Waals surface area contributed by atoms with Crippen LogP contribution in [0.2, 0.25) is 0 Å². The second-order valence-corrected chi connectivity index (χ2v) is 7.29. The molecule has 0 radical (unpaired) electrons. The van der Waals surface area contributed by atoms with Gasteiger partial charge in [0.1, 0.15) is 0 Å². The highest BCUT2D eigenvalue weighted by atomic mass is 31.2. The minimum absolute atomic E-state index is 0.301. The van der Waals surface area contributed by atoms with E-state index in [2.05, 4.69) is 20.8 Å². The van der Waals surface area contributed by atoms with Gasteiger partial charge in [0.2, 0.25) is 0 Å². The van der Waals surface area contributed by atoms with Crippen LogP contribution < -0.4 is 0 Å². The van der Waals surface area contributed by atoms with Crippen molar-refractivity contribution in [3.05, 3.63) is 0 Å². The van der Waals surface area contributed by atoms with Gasteiger partial charge in [-0.05, 0) is 19.3 Å². The molecule has 0 saturated heterocycles. The summed E-state index contributed by atoms with van der Waals surface area (Å²) in [4.78, 5) is 18.8. The first-order chi connectivity index (χ1) is 10.6. The molecule has 0 saturated carbocycles. The Morgan fingerprint density at radius 2 is 1.05 bits per heavy atom. The van der Waals surface area contributed by atoms with Gasteiger partial charge in [-0.15, -0.1) is 0 Å². The summed E-state index contributed by atoms with van der Waals surface area (Å²) in [5.41, 5.74) is -0.301. The summed E-state index contributed by atoms with van der Waals surface area (Å²) in [5.74, 6) is 0. The van der Waals surface area contributed by atoms with Crippen molar-refractivity contribution >= 4 is 8.60 Å². The van der Waals surface area contributed by atoms with Crippen LogP contribution in [-0.4, -0.2) is 15.4 Å². The van der Waals surface area contributed by atoms with E-state index in [1.807, 2.05) is 0 Å². The van der Waals surface area contributed by atoms with Gasteiger partial charge in [-0.2, -0.15) is 0 Å². The van der Waals surface area contributed by atoms with Crippen molar-refractivity contribution in [3.8, 4) is 0 Å². The molecule has 0 spiro atoms. The molecule has 0 aromatic carbocycles. The third kappa shape index (κ3) is 11.8. The van der Waals surface area contributed by atoms with Gasteiger partial charge < -0.3 is 14.3 Å². The normalized spacial score (nSPS) is 12.3. The van der Waals surface area contributed by atoms with E-state index in [4.69, 9.17) is 4.52 Å².